The molecule has 12 heavy (non-hydrogen) atoms. The first-order valence-electron chi connectivity index (χ1n) is 3.83. The zero-order chi connectivity index (χ0) is 8.39. The summed E-state index contributed by atoms with van der Waals surface area (Å²) in [5, 5.41) is 9.70. The minimum Gasteiger partial charge on any atom is -0.464 e. The molecule has 3 heteroatoms. The number of hydrogen-bond donors (Lipinski definition) is 1. The molecule has 59 valence electrons. The number of para-hydroxylation sites is 1. The van der Waals surface area contributed by atoms with Gasteiger partial charge in [-0.25, -0.2) is 0 Å². The van der Waals surface area contributed by atoms with Gasteiger partial charge in [-0.05, 0) is 17.9 Å². The minimum absolute atomic E-state index is 0.539. The van der Waals surface area contributed by atoms with E-state index in [4.69, 9.17) is 9.44 Å². The second-order valence-electron chi connectivity index (χ2n) is 2.64. The van der Waals surface area contributed by atoms with E-state index in [0.29, 0.717) is 6.32 Å². The van der Waals surface area contributed by atoms with Gasteiger partial charge in [-0.15, -0.1) is 0 Å². The van der Waals surface area contributed by atoms with Gasteiger partial charge in [-0.1, -0.05) is 18.2 Å². The zero-order valence-electron chi connectivity index (χ0n) is 6.53. The number of benzene rings is 1. The Kier molecular flexibility index (Phi) is 1.88. The third kappa shape index (κ3) is 1.12. The Morgan fingerprint density at radius 1 is 1.33 bits per heavy atom. The fourth-order valence-electron chi connectivity index (χ4n) is 1.29. The molecule has 0 bridgehead atoms. The van der Waals surface area contributed by atoms with Gasteiger partial charge >= 0.3 is 0 Å². The van der Waals surface area contributed by atoms with Crippen molar-refractivity contribution in [2.24, 2.45) is 0 Å². The molecule has 0 saturated carbocycles. The molecule has 0 unspecified atom stereocenters. The van der Waals surface area contributed by atoms with Gasteiger partial charge in [0.15, 0.2) is 0 Å². The summed E-state index contributed by atoms with van der Waals surface area (Å²) in [7, 11) is 1.14. The summed E-state index contributed by atoms with van der Waals surface area (Å²) >= 11 is 0. The van der Waals surface area contributed by atoms with Crippen molar-refractivity contribution in [3.8, 4) is 0 Å². The second kappa shape index (κ2) is 3.03. The SMILES string of the molecule is O[B]Cc1coc2ccccc12. The molecule has 0 aliphatic carbocycles. The average molecular weight is 159 g/mol. The quantitative estimate of drug-likeness (QED) is 0.674. The fourth-order valence-corrected chi connectivity index (χ4v) is 1.29. The van der Waals surface area contributed by atoms with E-state index in [9.17, 15) is 0 Å². The van der Waals surface area contributed by atoms with Crippen LogP contribution in [0.1, 0.15) is 5.56 Å². The monoisotopic (exact) mass is 159 g/mol. The van der Waals surface area contributed by atoms with E-state index < -0.39 is 0 Å². The molecule has 1 heterocycles. The lowest BCUT2D eigenvalue weighted by atomic mass is 9.90. The van der Waals surface area contributed by atoms with Gasteiger partial charge in [0.2, 0.25) is 0 Å². The van der Waals surface area contributed by atoms with Gasteiger partial charge < -0.3 is 9.44 Å². The van der Waals surface area contributed by atoms with Crippen molar-refractivity contribution in [3.63, 3.8) is 0 Å². The van der Waals surface area contributed by atoms with E-state index in [1.54, 1.807) is 6.26 Å². The molecule has 0 aliphatic heterocycles. The van der Waals surface area contributed by atoms with Gasteiger partial charge in [-0.2, -0.15) is 0 Å². The predicted octanol–water partition coefficient (Wildman–Crippen LogP) is 1.54. The van der Waals surface area contributed by atoms with Crippen molar-refractivity contribution < 1.29 is 9.44 Å². The van der Waals surface area contributed by atoms with Crippen LogP contribution in [-0.4, -0.2) is 12.5 Å². The molecule has 2 aromatic rings. The molecule has 1 N–H and O–H groups in total. The molecule has 0 atom stereocenters. The average Bonchev–Trinajstić information content (AvgIpc) is 2.50. The molecule has 0 aliphatic rings. The Bertz CT molecular complexity index is 381. The highest BCUT2D eigenvalue weighted by Crippen LogP contribution is 2.20. The summed E-state index contributed by atoms with van der Waals surface area (Å²) < 4.78 is 5.27. The predicted molar refractivity (Wildman–Crippen MR) is 47.9 cm³/mol. The topological polar surface area (TPSA) is 33.4 Å². The lowest BCUT2D eigenvalue weighted by molar-refractivity contribution is 0.594. The summed E-state index contributed by atoms with van der Waals surface area (Å²) in [6.07, 6.45) is 2.22. The maximum atomic E-state index is 8.63. The third-order valence-corrected chi connectivity index (χ3v) is 1.87. The fraction of sp³-hybridized carbons (Fsp3) is 0.111. The molecule has 1 aromatic heterocycles. The summed E-state index contributed by atoms with van der Waals surface area (Å²) in [4.78, 5) is 0. The standard InChI is InChI=1S/C9H8BO2/c11-10-5-7-6-12-9-4-2-1-3-8(7)9/h1-4,6,11H,5H2. The van der Waals surface area contributed by atoms with Crippen LogP contribution in [0.2, 0.25) is 0 Å². The number of rotatable bonds is 2. The molecular formula is C9H8BO2. The van der Waals surface area contributed by atoms with Crippen LogP contribution >= 0.6 is 0 Å². The summed E-state index contributed by atoms with van der Waals surface area (Å²) in [6, 6.07) is 7.78. The van der Waals surface area contributed by atoms with Crippen molar-refractivity contribution in [3.05, 3.63) is 36.1 Å². The Morgan fingerprint density at radius 3 is 3.00 bits per heavy atom. The van der Waals surface area contributed by atoms with E-state index in [2.05, 4.69) is 0 Å². The van der Waals surface area contributed by atoms with Crippen LogP contribution in [-0.2, 0) is 6.32 Å². The molecule has 0 amide bonds. The van der Waals surface area contributed by atoms with Crippen LogP contribution in [0.4, 0.5) is 0 Å². The number of fused-ring (bicyclic) bond motifs is 1. The second-order valence-corrected chi connectivity index (χ2v) is 2.64. The van der Waals surface area contributed by atoms with Gasteiger partial charge in [0.25, 0.3) is 7.48 Å². The highest BCUT2D eigenvalue weighted by Gasteiger charge is 2.03. The molecule has 0 saturated heterocycles. The van der Waals surface area contributed by atoms with Crippen LogP contribution in [0.3, 0.4) is 0 Å². The first-order valence-corrected chi connectivity index (χ1v) is 3.83. The lowest BCUT2D eigenvalue weighted by Gasteiger charge is -1.90. The molecule has 1 radical (unpaired) electrons. The van der Waals surface area contributed by atoms with Crippen molar-refractivity contribution in [1.82, 2.24) is 0 Å². The van der Waals surface area contributed by atoms with Crippen LogP contribution in [0.5, 0.6) is 0 Å². The number of hydrogen-bond acceptors (Lipinski definition) is 2. The van der Waals surface area contributed by atoms with E-state index in [0.717, 1.165) is 24.0 Å². The molecule has 1 aromatic carbocycles. The van der Waals surface area contributed by atoms with Crippen LogP contribution in [0.25, 0.3) is 11.0 Å². The van der Waals surface area contributed by atoms with Crippen molar-refractivity contribution in [2.45, 2.75) is 6.32 Å². The third-order valence-electron chi connectivity index (χ3n) is 1.87. The number of furan rings is 1. The summed E-state index contributed by atoms with van der Waals surface area (Å²) in [6.45, 7) is 0. The van der Waals surface area contributed by atoms with Crippen LogP contribution < -0.4 is 0 Å². The normalized spacial score (nSPS) is 10.4. The van der Waals surface area contributed by atoms with E-state index >= 15 is 0 Å². The Balaban J connectivity index is 2.55. The minimum atomic E-state index is 0.539. The van der Waals surface area contributed by atoms with E-state index in [1.807, 2.05) is 24.3 Å². The summed E-state index contributed by atoms with van der Waals surface area (Å²) in [5.74, 6) is 0. The van der Waals surface area contributed by atoms with Crippen LogP contribution in [0.15, 0.2) is 34.9 Å². The van der Waals surface area contributed by atoms with Gasteiger partial charge in [0.05, 0.1) is 6.26 Å². The van der Waals surface area contributed by atoms with Crippen LogP contribution in [0, 0.1) is 0 Å². The Labute approximate surface area is 71.1 Å². The first kappa shape index (κ1) is 7.43. The molecular weight excluding hydrogens is 151 g/mol. The summed E-state index contributed by atoms with van der Waals surface area (Å²) in [5.41, 5.74) is 1.89. The highest BCUT2D eigenvalue weighted by molar-refractivity contribution is 6.25. The lowest BCUT2D eigenvalue weighted by Crippen LogP contribution is -1.92. The smallest absolute Gasteiger partial charge is 0.292 e. The molecule has 0 spiro atoms. The molecule has 2 rings (SSSR count). The van der Waals surface area contributed by atoms with Crippen molar-refractivity contribution in [1.29, 1.82) is 0 Å². The maximum absolute atomic E-state index is 8.63. The van der Waals surface area contributed by atoms with Crippen molar-refractivity contribution >= 4 is 18.5 Å². The van der Waals surface area contributed by atoms with E-state index in [1.165, 1.54) is 0 Å². The van der Waals surface area contributed by atoms with Gasteiger partial charge in [-0.3, -0.25) is 0 Å². The molecule has 0 fully saturated rings. The van der Waals surface area contributed by atoms with E-state index in [-0.39, 0.29) is 0 Å². The van der Waals surface area contributed by atoms with Crippen molar-refractivity contribution in [2.75, 3.05) is 0 Å². The van der Waals surface area contributed by atoms with Gasteiger partial charge in [0, 0.05) is 5.39 Å². The highest BCUT2D eigenvalue weighted by atomic mass is 16.3. The van der Waals surface area contributed by atoms with Gasteiger partial charge in [0.1, 0.15) is 5.58 Å². The maximum Gasteiger partial charge on any atom is 0.292 e. The first-order chi connectivity index (χ1) is 5.92. The Hall–Kier alpha value is -1.22. The zero-order valence-corrected chi connectivity index (χ0v) is 6.53. The largest absolute Gasteiger partial charge is 0.464 e. The molecule has 2 nitrogen and oxygen atoms in total. The Morgan fingerprint density at radius 2 is 2.17 bits per heavy atom.